The monoisotopic (exact) mass is 398 g/mol. The Balaban J connectivity index is 1.69. The van der Waals surface area contributed by atoms with Crippen molar-refractivity contribution in [2.75, 3.05) is 6.61 Å². The molecule has 6 aromatic rings. The number of benzene rings is 6. The van der Waals surface area contributed by atoms with E-state index in [1.54, 1.807) is 0 Å². The van der Waals surface area contributed by atoms with Gasteiger partial charge in [-0.15, -0.1) is 0 Å². The quantitative estimate of drug-likeness (QED) is 0.272. The lowest BCUT2D eigenvalue weighted by Gasteiger charge is -2.14. The molecule has 0 saturated carbocycles. The van der Waals surface area contributed by atoms with E-state index in [-0.39, 0.29) is 0 Å². The molecular formula is C30H22O. The Bertz CT molecular complexity index is 1560. The summed E-state index contributed by atoms with van der Waals surface area (Å²) in [7, 11) is 0. The van der Waals surface area contributed by atoms with Crippen molar-refractivity contribution in [2.24, 2.45) is 0 Å². The molecule has 0 atom stereocenters. The van der Waals surface area contributed by atoms with Crippen LogP contribution in [0.3, 0.4) is 0 Å². The maximum atomic E-state index is 5.89. The molecule has 0 aliphatic heterocycles. The summed E-state index contributed by atoms with van der Waals surface area (Å²) in [5.74, 6) is 0.944. The van der Waals surface area contributed by atoms with Crippen LogP contribution in [0.15, 0.2) is 103 Å². The fraction of sp³-hybridized carbons (Fsp3) is 0.0667. The first-order valence-electron chi connectivity index (χ1n) is 10.8. The van der Waals surface area contributed by atoms with Crippen LogP contribution in [0.2, 0.25) is 0 Å². The van der Waals surface area contributed by atoms with Crippen LogP contribution < -0.4 is 4.74 Å². The maximum absolute atomic E-state index is 5.89. The Morgan fingerprint density at radius 3 is 1.61 bits per heavy atom. The summed E-state index contributed by atoms with van der Waals surface area (Å²) in [6.07, 6.45) is 0. The van der Waals surface area contributed by atoms with Crippen LogP contribution in [0.4, 0.5) is 0 Å². The first-order chi connectivity index (χ1) is 15.3. The van der Waals surface area contributed by atoms with Crippen LogP contribution in [0, 0.1) is 0 Å². The van der Waals surface area contributed by atoms with Crippen LogP contribution in [-0.2, 0) is 0 Å². The topological polar surface area (TPSA) is 9.23 Å². The second-order valence-corrected chi connectivity index (χ2v) is 7.94. The average molecular weight is 399 g/mol. The second-order valence-electron chi connectivity index (χ2n) is 7.94. The van der Waals surface area contributed by atoms with Gasteiger partial charge in [-0.3, -0.25) is 0 Å². The van der Waals surface area contributed by atoms with Gasteiger partial charge < -0.3 is 4.74 Å². The van der Waals surface area contributed by atoms with E-state index in [1.165, 1.54) is 48.8 Å². The van der Waals surface area contributed by atoms with Gasteiger partial charge in [0.05, 0.1) is 6.61 Å². The van der Waals surface area contributed by atoms with E-state index in [2.05, 4.69) is 103 Å². The fourth-order valence-corrected chi connectivity index (χ4v) is 4.88. The number of rotatable bonds is 3. The number of fused-ring (bicyclic) bond motifs is 7. The van der Waals surface area contributed by atoms with E-state index in [0.29, 0.717) is 6.61 Å². The molecule has 0 unspecified atom stereocenters. The molecule has 0 N–H and O–H groups in total. The zero-order chi connectivity index (χ0) is 20.8. The standard InChI is InChI=1S/C30H22O/c1-2-31-30-18-17-21(22-9-7-8-14-28(22)30)20-15-16-27-25-12-4-3-10-23(25)24-11-5-6-13-26(24)29(27)19-20/h3-19H,2H2,1H3. The van der Waals surface area contributed by atoms with Crippen LogP contribution in [0.25, 0.3) is 54.2 Å². The molecule has 1 nitrogen and oxygen atoms in total. The minimum Gasteiger partial charge on any atom is -0.493 e. The van der Waals surface area contributed by atoms with Gasteiger partial charge in [-0.1, -0.05) is 91.0 Å². The second kappa shape index (κ2) is 7.14. The Labute approximate surface area is 181 Å². The van der Waals surface area contributed by atoms with Crippen molar-refractivity contribution in [1.82, 2.24) is 0 Å². The van der Waals surface area contributed by atoms with Gasteiger partial charge in [-0.05, 0) is 67.9 Å². The summed E-state index contributed by atoms with van der Waals surface area (Å²) < 4.78 is 5.89. The molecule has 0 aromatic heterocycles. The van der Waals surface area contributed by atoms with Crippen LogP contribution >= 0.6 is 0 Å². The molecular weight excluding hydrogens is 376 g/mol. The lowest BCUT2D eigenvalue weighted by atomic mass is 9.91. The predicted octanol–water partition coefficient (Wildman–Crippen LogP) is 8.37. The van der Waals surface area contributed by atoms with E-state index in [1.807, 2.05) is 6.92 Å². The number of hydrogen-bond acceptors (Lipinski definition) is 1. The summed E-state index contributed by atoms with van der Waals surface area (Å²) >= 11 is 0. The highest BCUT2D eigenvalue weighted by molar-refractivity contribution is 6.25. The van der Waals surface area contributed by atoms with Gasteiger partial charge in [0.25, 0.3) is 0 Å². The summed E-state index contributed by atoms with van der Waals surface area (Å²) in [4.78, 5) is 0. The zero-order valence-electron chi connectivity index (χ0n) is 17.4. The van der Waals surface area contributed by atoms with Crippen molar-refractivity contribution in [2.45, 2.75) is 6.92 Å². The van der Waals surface area contributed by atoms with E-state index in [9.17, 15) is 0 Å². The first-order valence-corrected chi connectivity index (χ1v) is 10.8. The van der Waals surface area contributed by atoms with Gasteiger partial charge in [0.2, 0.25) is 0 Å². The van der Waals surface area contributed by atoms with Crippen molar-refractivity contribution >= 4 is 43.1 Å². The molecule has 0 saturated heterocycles. The molecule has 0 amide bonds. The highest BCUT2D eigenvalue weighted by Gasteiger charge is 2.12. The smallest absolute Gasteiger partial charge is 0.127 e. The molecule has 0 aliphatic carbocycles. The third-order valence-electron chi connectivity index (χ3n) is 6.24. The van der Waals surface area contributed by atoms with Crippen molar-refractivity contribution < 1.29 is 4.74 Å². The summed E-state index contributed by atoms with van der Waals surface area (Å²) in [6, 6.07) is 37.2. The third kappa shape index (κ3) is 2.78. The van der Waals surface area contributed by atoms with Gasteiger partial charge in [-0.25, -0.2) is 0 Å². The molecule has 0 radical (unpaired) electrons. The summed E-state index contributed by atoms with van der Waals surface area (Å²) in [5, 5.41) is 10.2. The van der Waals surface area contributed by atoms with E-state index < -0.39 is 0 Å². The van der Waals surface area contributed by atoms with E-state index in [4.69, 9.17) is 4.74 Å². The van der Waals surface area contributed by atoms with Crippen molar-refractivity contribution in [3.05, 3.63) is 103 Å². The lowest BCUT2D eigenvalue weighted by Crippen LogP contribution is -1.93. The SMILES string of the molecule is CCOc1ccc(-c2ccc3c4ccccc4c4ccccc4c3c2)c2ccccc12. The molecule has 0 aliphatic rings. The normalized spacial score (nSPS) is 11.5. The van der Waals surface area contributed by atoms with Gasteiger partial charge in [-0.2, -0.15) is 0 Å². The predicted molar refractivity (Wildman–Crippen MR) is 133 cm³/mol. The highest BCUT2D eigenvalue weighted by Crippen LogP contribution is 2.39. The third-order valence-corrected chi connectivity index (χ3v) is 6.24. The fourth-order valence-electron chi connectivity index (χ4n) is 4.88. The molecule has 0 bridgehead atoms. The average Bonchev–Trinajstić information content (AvgIpc) is 2.84. The Morgan fingerprint density at radius 1 is 0.484 bits per heavy atom. The van der Waals surface area contributed by atoms with Crippen LogP contribution in [-0.4, -0.2) is 6.61 Å². The van der Waals surface area contributed by atoms with E-state index >= 15 is 0 Å². The molecule has 31 heavy (non-hydrogen) atoms. The maximum Gasteiger partial charge on any atom is 0.127 e. The Kier molecular flexibility index (Phi) is 4.14. The van der Waals surface area contributed by atoms with Crippen LogP contribution in [0.5, 0.6) is 5.75 Å². The molecule has 6 aromatic carbocycles. The largest absolute Gasteiger partial charge is 0.493 e. The van der Waals surface area contributed by atoms with Gasteiger partial charge in [0, 0.05) is 5.39 Å². The summed E-state index contributed by atoms with van der Waals surface area (Å²) in [6.45, 7) is 2.69. The molecule has 6 rings (SSSR count). The van der Waals surface area contributed by atoms with E-state index in [0.717, 1.165) is 11.1 Å². The molecule has 0 heterocycles. The van der Waals surface area contributed by atoms with Gasteiger partial charge in [0.15, 0.2) is 0 Å². The van der Waals surface area contributed by atoms with Crippen molar-refractivity contribution in [3.63, 3.8) is 0 Å². The van der Waals surface area contributed by atoms with Crippen LogP contribution in [0.1, 0.15) is 6.92 Å². The minimum absolute atomic E-state index is 0.665. The zero-order valence-corrected chi connectivity index (χ0v) is 17.4. The molecule has 148 valence electrons. The van der Waals surface area contributed by atoms with Crippen molar-refractivity contribution in [1.29, 1.82) is 0 Å². The van der Waals surface area contributed by atoms with Gasteiger partial charge >= 0.3 is 0 Å². The molecule has 1 heteroatoms. The van der Waals surface area contributed by atoms with Crippen molar-refractivity contribution in [3.8, 4) is 16.9 Å². The molecule has 0 spiro atoms. The molecule has 0 fully saturated rings. The first kappa shape index (κ1) is 18.0. The van der Waals surface area contributed by atoms with Gasteiger partial charge in [0.1, 0.15) is 5.75 Å². The number of hydrogen-bond donors (Lipinski definition) is 0. The Morgan fingerprint density at radius 2 is 1.00 bits per heavy atom. The lowest BCUT2D eigenvalue weighted by molar-refractivity contribution is 0.344. The minimum atomic E-state index is 0.665. The Hall–Kier alpha value is -3.84. The highest BCUT2D eigenvalue weighted by atomic mass is 16.5. The summed E-state index contributed by atoms with van der Waals surface area (Å²) in [5.41, 5.74) is 2.46. The number of ether oxygens (including phenoxy) is 1.